The number of benzene rings is 1. The Morgan fingerprint density at radius 3 is 2.42 bits per heavy atom. The SMILES string of the molecule is Cc1cc(C)c(CCc2nnn(CCN)n2)c(C)c1. The molecular formula is C14H21N5. The first-order valence-corrected chi connectivity index (χ1v) is 6.63. The van der Waals surface area contributed by atoms with Crippen molar-refractivity contribution < 1.29 is 0 Å². The lowest BCUT2D eigenvalue weighted by Crippen LogP contribution is -2.12. The van der Waals surface area contributed by atoms with Crippen LogP contribution in [0, 0.1) is 20.8 Å². The maximum Gasteiger partial charge on any atom is 0.175 e. The molecular weight excluding hydrogens is 238 g/mol. The standard InChI is InChI=1S/C14H21N5/c1-10-8-11(2)13(12(3)9-10)4-5-14-16-18-19(17-14)7-6-15/h8-9H,4-7,15H2,1-3H3. The summed E-state index contributed by atoms with van der Waals surface area (Å²) < 4.78 is 0. The van der Waals surface area contributed by atoms with Crippen molar-refractivity contribution >= 4 is 0 Å². The molecule has 0 radical (unpaired) electrons. The molecule has 19 heavy (non-hydrogen) atoms. The highest BCUT2D eigenvalue weighted by Gasteiger charge is 2.07. The number of hydrogen-bond donors (Lipinski definition) is 1. The Morgan fingerprint density at radius 2 is 1.79 bits per heavy atom. The highest BCUT2D eigenvalue weighted by Crippen LogP contribution is 2.17. The van der Waals surface area contributed by atoms with Crippen molar-refractivity contribution in [2.75, 3.05) is 6.54 Å². The highest BCUT2D eigenvalue weighted by molar-refractivity contribution is 5.37. The van der Waals surface area contributed by atoms with E-state index in [4.69, 9.17) is 5.73 Å². The maximum atomic E-state index is 5.46. The zero-order valence-corrected chi connectivity index (χ0v) is 11.8. The molecule has 102 valence electrons. The van der Waals surface area contributed by atoms with Crippen LogP contribution in [0.5, 0.6) is 0 Å². The van der Waals surface area contributed by atoms with Gasteiger partial charge in [-0.15, -0.1) is 10.2 Å². The van der Waals surface area contributed by atoms with Crippen LogP contribution in [-0.2, 0) is 19.4 Å². The number of nitrogens with zero attached hydrogens (tertiary/aromatic N) is 4. The van der Waals surface area contributed by atoms with Crippen molar-refractivity contribution in [2.45, 2.75) is 40.2 Å². The van der Waals surface area contributed by atoms with Crippen LogP contribution in [0.3, 0.4) is 0 Å². The van der Waals surface area contributed by atoms with Crippen molar-refractivity contribution in [1.82, 2.24) is 20.2 Å². The van der Waals surface area contributed by atoms with E-state index in [1.165, 1.54) is 22.3 Å². The molecule has 0 bridgehead atoms. The van der Waals surface area contributed by atoms with Crippen molar-refractivity contribution in [2.24, 2.45) is 5.73 Å². The minimum Gasteiger partial charge on any atom is -0.329 e. The van der Waals surface area contributed by atoms with Gasteiger partial charge in [0, 0.05) is 13.0 Å². The Kier molecular flexibility index (Phi) is 4.27. The number of rotatable bonds is 5. The summed E-state index contributed by atoms with van der Waals surface area (Å²) in [5.74, 6) is 0.785. The smallest absolute Gasteiger partial charge is 0.175 e. The molecule has 0 fully saturated rings. The summed E-state index contributed by atoms with van der Waals surface area (Å²) in [7, 11) is 0. The van der Waals surface area contributed by atoms with Crippen LogP contribution in [0.2, 0.25) is 0 Å². The molecule has 0 aliphatic carbocycles. The van der Waals surface area contributed by atoms with E-state index in [1.807, 2.05) is 0 Å². The zero-order valence-electron chi connectivity index (χ0n) is 11.8. The monoisotopic (exact) mass is 259 g/mol. The second-order valence-electron chi connectivity index (χ2n) is 4.97. The van der Waals surface area contributed by atoms with Crippen LogP contribution in [0.4, 0.5) is 0 Å². The molecule has 2 aromatic rings. The summed E-state index contributed by atoms with van der Waals surface area (Å²) in [6.07, 6.45) is 1.77. The lowest BCUT2D eigenvalue weighted by molar-refractivity contribution is 0.528. The van der Waals surface area contributed by atoms with Gasteiger partial charge in [-0.2, -0.15) is 4.80 Å². The average molecular weight is 259 g/mol. The van der Waals surface area contributed by atoms with Crippen LogP contribution in [-0.4, -0.2) is 26.8 Å². The number of tetrazole rings is 1. The maximum absolute atomic E-state index is 5.46. The Balaban J connectivity index is 2.05. The van der Waals surface area contributed by atoms with Crippen LogP contribution < -0.4 is 5.73 Å². The van der Waals surface area contributed by atoms with Gasteiger partial charge in [-0.3, -0.25) is 0 Å². The topological polar surface area (TPSA) is 69.6 Å². The molecule has 0 saturated heterocycles. The van der Waals surface area contributed by atoms with Gasteiger partial charge >= 0.3 is 0 Å². The fraction of sp³-hybridized carbons (Fsp3) is 0.500. The first-order valence-electron chi connectivity index (χ1n) is 6.63. The molecule has 1 aromatic heterocycles. The molecule has 5 nitrogen and oxygen atoms in total. The normalized spacial score (nSPS) is 10.9. The Bertz CT molecular complexity index is 536. The van der Waals surface area contributed by atoms with Gasteiger partial charge < -0.3 is 5.73 Å². The van der Waals surface area contributed by atoms with Gasteiger partial charge in [0.25, 0.3) is 0 Å². The third-order valence-corrected chi connectivity index (χ3v) is 3.26. The third-order valence-electron chi connectivity index (χ3n) is 3.26. The summed E-state index contributed by atoms with van der Waals surface area (Å²) in [6, 6.07) is 4.45. The Hall–Kier alpha value is -1.75. The molecule has 0 spiro atoms. The van der Waals surface area contributed by atoms with E-state index >= 15 is 0 Å². The molecule has 0 aliphatic heterocycles. The average Bonchev–Trinajstić information content (AvgIpc) is 2.76. The quantitative estimate of drug-likeness (QED) is 0.879. The second-order valence-corrected chi connectivity index (χ2v) is 4.97. The van der Waals surface area contributed by atoms with Gasteiger partial charge in [-0.05, 0) is 49.1 Å². The zero-order chi connectivity index (χ0) is 13.8. The predicted octanol–water partition coefficient (Wildman–Crippen LogP) is 1.34. The van der Waals surface area contributed by atoms with E-state index in [2.05, 4.69) is 48.3 Å². The molecule has 1 heterocycles. The van der Waals surface area contributed by atoms with E-state index in [9.17, 15) is 0 Å². The first-order chi connectivity index (χ1) is 9.10. The van der Waals surface area contributed by atoms with Gasteiger partial charge in [-0.25, -0.2) is 0 Å². The molecule has 0 amide bonds. The summed E-state index contributed by atoms with van der Waals surface area (Å²) in [5, 5.41) is 12.3. The fourth-order valence-corrected chi connectivity index (χ4v) is 2.43. The highest BCUT2D eigenvalue weighted by atomic mass is 15.6. The number of aromatic nitrogens is 4. The van der Waals surface area contributed by atoms with Gasteiger partial charge in [0.2, 0.25) is 0 Å². The van der Waals surface area contributed by atoms with Gasteiger partial charge in [0.15, 0.2) is 5.82 Å². The summed E-state index contributed by atoms with van der Waals surface area (Å²) in [5.41, 5.74) is 10.8. The molecule has 0 aliphatic rings. The fourth-order valence-electron chi connectivity index (χ4n) is 2.43. The summed E-state index contributed by atoms with van der Waals surface area (Å²) >= 11 is 0. The van der Waals surface area contributed by atoms with Crippen LogP contribution in [0.15, 0.2) is 12.1 Å². The molecule has 1 aromatic carbocycles. The predicted molar refractivity (Wildman–Crippen MR) is 74.9 cm³/mol. The van der Waals surface area contributed by atoms with Crippen molar-refractivity contribution in [3.8, 4) is 0 Å². The van der Waals surface area contributed by atoms with E-state index in [-0.39, 0.29) is 0 Å². The molecule has 5 heteroatoms. The number of hydrogen-bond acceptors (Lipinski definition) is 4. The molecule has 2 N–H and O–H groups in total. The molecule has 2 rings (SSSR count). The van der Waals surface area contributed by atoms with Crippen LogP contribution >= 0.6 is 0 Å². The van der Waals surface area contributed by atoms with Crippen molar-refractivity contribution in [3.63, 3.8) is 0 Å². The van der Waals surface area contributed by atoms with E-state index in [0.29, 0.717) is 13.1 Å². The number of nitrogens with two attached hydrogens (primary N) is 1. The van der Waals surface area contributed by atoms with E-state index in [1.54, 1.807) is 4.80 Å². The lowest BCUT2D eigenvalue weighted by Gasteiger charge is -2.10. The Labute approximate surface area is 113 Å². The molecule has 0 saturated carbocycles. The van der Waals surface area contributed by atoms with E-state index < -0.39 is 0 Å². The minimum absolute atomic E-state index is 0.534. The molecule has 0 atom stereocenters. The van der Waals surface area contributed by atoms with Crippen molar-refractivity contribution in [1.29, 1.82) is 0 Å². The summed E-state index contributed by atoms with van der Waals surface area (Å²) in [6.45, 7) is 7.60. The number of aryl methyl sites for hydroxylation is 4. The van der Waals surface area contributed by atoms with Gasteiger partial charge in [0.05, 0.1) is 6.54 Å². The first kappa shape index (κ1) is 13.7. The minimum atomic E-state index is 0.534. The summed E-state index contributed by atoms with van der Waals surface area (Å²) in [4.78, 5) is 1.56. The second kappa shape index (κ2) is 5.93. The Morgan fingerprint density at radius 1 is 1.11 bits per heavy atom. The van der Waals surface area contributed by atoms with E-state index in [0.717, 1.165) is 18.7 Å². The lowest BCUT2D eigenvalue weighted by atomic mass is 9.96. The third kappa shape index (κ3) is 3.38. The van der Waals surface area contributed by atoms with Crippen LogP contribution in [0.25, 0.3) is 0 Å². The largest absolute Gasteiger partial charge is 0.329 e. The van der Waals surface area contributed by atoms with Gasteiger partial charge in [-0.1, -0.05) is 17.7 Å². The van der Waals surface area contributed by atoms with Gasteiger partial charge in [0.1, 0.15) is 0 Å². The van der Waals surface area contributed by atoms with Crippen molar-refractivity contribution in [3.05, 3.63) is 40.2 Å². The molecule has 0 unspecified atom stereocenters. The van der Waals surface area contributed by atoms with Crippen LogP contribution in [0.1, 0.15) is 28.1 Å².